The summed E-state index contributed by atoms with van der Waals surface area (Å²) in [5.74, 6) is -4.09. The molecule has 0 aliphatic rings. The van der Waals surface area contributed by atoms with E-state index in [-0.39, 0.29) is 67.3 Å². The number of halogens is 3. The summed E-state index contributed by atoms with van der Waals surface area (Å²) in [5.41, 5.74) is -1.70. The van der Waals surface area contributed by atoms with E-state index in [1.54, 1.807) is 0 Å². The maximum Gasteiger partial charge on any atom is 0.416 e. The van der Waals surface area contributed by atoms with Crippen LogP contribution in [0.25, 0.3) is 0 Å². The molecular weight excluding hydrogens is 545 g/mol. The Labute approximate surface area is 226 Å². The van der Waals surface area contributed by atoms with Crippen molar-refractivity contribution in [3.8, 4) is 17.2 Å². The van der Waals surface area contributed by atoms with Gasteiger partial charge in [-0.1, -0.05) is 0 Å². The Morgan fingerprint density at radius 1 is 0.750 bits per heavy atom. The van der Waals surface area contributed by atoms with Crippen molar-refractivity contribution in [3.63, 3.8) is 0 Å². The van der Waals surface area contributed by atoms with Crippen LogP contribution in [0.5, 0.6) is 17.2 Å². The number of aliphatic carboxylic acids is 2. The molecule has 40 heavy (non-hydrogen) atoms. The molecule has 0 saturated heterocycles. The second kappa shape index (κ2) is 14.6. The number of carboxylic acids is 2. The van der Waals surface area contributed by atoms with Crippen LogP contribution in [-0.2, 0) is 31.8 Å². The number of carbonyl (C=O) groups excluding carboxylic acids is 2. The van der Waals surface area contributed by atoms with Gasteiger partial charge in [-0.05, 0) is 48.7 Å². The first-order valence-electron chi connectivity index (χ1n) is 11.7. The fourth-order valence-corrected chi connectivity index (χ4v) is 3.32. The number of carbonyl (C=O) groups is 4. The number of benzene rings is 2. The van der Waals surface area contributed by atoms with Gasteiger partial charge in [0.15, 0.2) is 11.5 Å². The molecule has 0 spiro atoms. The van der Waals surface area contributed by atoms with Crippen LogP contribution in [0.1, 0.15) is 57.5 Å². The van der Waals surface area contributed by atoms with E-state index in [1.807, 2.05) is 0 Å². The van der Waals surface area contributed by atoms with Gasteiger partial charge in [-0.15, -0.1) is 0 Å². The van der Waals surface area contributed by atoms with E-state index < -0.39 is 47.8 Å². The Kier molecular flexibility index (Phi) is 11.6. The van der Waals surface area contributed by atoms with Crippen molar-refractivity contribution in [2.75, 3.05) is 27.4 Å². The molecule has 0 heterocycles. The van der Waals surface area contributed by atoms with Crippen LogP contribution in [0.15, 0.2) is 30.3 Å². The minimum atomic E-state index is -4.81. The van der Waals surface area contributed by atoms with Crippen molar-refractivity contribution in [1.29, 1.82) is 0 Å². The van der Waals surface area contributed by atoms with E-state index in [9.17, 15) is 32.3 Å². The summed E-state index contributed by atoms with van der Waals surface area (Å²) in [7, 11) is 2.56. The van der Waals surface area contributed by atoms with E-state index in [0.29, 0.717) is 6.07 Å². The van der Waals surface area contributed by atoms with Gasteiger partial charge in [-0.3, -0.25) is 9.59 Å². The van der Waals surface area contributed by atoms with E-state index in [2.05, 4.69) is 0 Å². The summed E-state index contributed by atoms with van der Waals surface area (Å²) < 4.78 is 66.7. The van der Waals surface area contributed by atoms with Gasteiger partial charge in [-0.2, -0.15) is 13.2 Å². The largest absolute Gasteiger partial charge is 0.493 e. The lowest BCUT2D eigenvalue weighted by Gasteiger charge is -2.17. The molecule has 2 N–H and O–H groups in total. The zero-order chi connectivity index (χ0) is 29.9. The first kappa shape index (κ1) is 31.7. The predicted octanol–water partition coefficient (Wildman–Crippen LogP) is 4.34. The average molecular weight is 572 g/mol. The van der Waals surface area contributed by atoms with E-state index in [0.717, 1.165) is 12.1 Å². The van der Waals surface area contributed by atoms with Crippen LogP contribution >= 0.6 is 0 Å². The van der Waals surface area contributed by atoms with Gasteiger partial charge in [0.2, 0.25) is 5.75 Å². The Morgan fingerprint density at radius 2 is 1.27 bits per heavy atom. The standard InChI is InChI=1S/C26H27F3O11/c1-36-19-12-17(25(35)39-8-4-6-22(32)33)13-20(23(19)37-2)40-14-15-9-16(11-18(10-15)26(27,28)29)24(34)38-7-3-5-21(30)31/h9-13H,3-8,14H2,1-2H3,(H,30,31)(H,32,33). The first-order valence-corrected chi connectivity index (χ1v) is 11.7. The quantitative estimate of drug-likeness (QED) is 0.231. The van der Waals surface area contributed by atoms with Crippen molar-refractivity contribution >= 4 is 23.9 Å². The average Bonchev–Trinajstić information content (AvgIpc) is 2.90. The van der Waals surface area contributed by atoms with E-state index in [1.165, 1.54) is 26.4 Å². The molecule has 0 aliphatic carbocycles. The SMILES string of the molecule is COc1cc(C(=O)OCCCC(=O)O)cc(OCc2cc(C(=O)OCCCC(=O)O)cc(C(F)(F)F)c2)c1OC. The number of ether oxygens (including phenoxy) is 5. The zero-order valence-electron chi connectivity index (χ0n) is 21.5. The molecule has 0 saturated carbocycles. The minimum absolute atomic E-state index is 0.0179. The van der Waals surface area contributed by atoms with Crippen LogP contribution in [0.4, 0.5) is 13.2 Å². The number of methoxy groups -OCH3 is 2. The molecule has 2 aromatic carbocycles. The molecule has 0 aromatic heterocycles. The third-order valence-electron chi connectivity index (χ3n) is 5.17. The van der Waals surface area contributed by atoms with Gasteiger partial charge < -0.3 is 33.9 Å². The molecule has 0 bridgehead atoms. The minimum Gasteiger partial charge on any atom is -0.493 e. The van der Waals surface area contributed by atoms with E-state index >= 15 is 0 Å². The highest BCUT2D eigenvalue weighted by Gasteiger charge is 2.32. The number of rotatable bonds is 15. The van der Waals surface area contributed by atoms with Crippen LogP contribution in [0.3, 0.4) is 0 Å². The summed E-state index contributed by atoms with van der Waals surface area (Å²) in [6, 6.07) is 5.00. The lowest BCUT2D eigenvalue weighted by atomic mass is 10.1. The lowest BCUT2D eigenvalue weighted by molar-refractivity contribution is -0.138. The second-order valence-corrected chi connectivity index (χ2v) is 8.18. The predicted molar refractivity (Wildman–Crippen MR) is 130 cm³/mol. The van der Waals surface area contributed by atoms with Gasteiger partial charge in [0.1, 0.15) is 6.61 Å². The molecule has 218 valence electrons. The molecule has 0 unspecified atom stereocenters. The molecule has 14 heteroatoms. The maximum absolute atomic E-state index is 13.5. The Balaban J connectivity index is 2.29. The monoisotopic (exact) mass is 572 g/mol. The fourth-order valence-electron chi connectivity index (χ4n) is 3.32. The van der Waals surface area contributed by atoms with Gasteiger partial charge in [0, 0.05) is 12.8 Å². The molecule has 2 rings (SSSR count). The third kappa shape index (κ3) is 9.67. The lowest BCUT2D eigenvalue weighted by Crippen LogP contribution is -2.13. The van der Waals surface area contributed by atoms with Gasteiger partial charge in [0.25, 0.3) is 0 Å². The van der Waals surface area contributed by atoms with Crippen LogP contribution in [0.2, 0.25) is 0 Å². The van der Waals surface area contributed by atoms with Crippen LogP contribution < -0.4 is 14.2 Å². The normalized spacial score (nSPS) is 10.9. The van der Waals surface area contributed by atoms with Crippen molar-refractivity contribution in [2.45, 2.75) is 38.5 Å². The molecule has 0 aliphatic heterocycles. The number of alkyl halides is 3. The molecule has 0 fully saturated rings. The van der Waals surface area contributed by atoms with Crippen molar-refractivity contribution in [3.05, 3.63) is 52.6 Å². The van der Waals surface area contributed by atoms with Crippen molar-refractivity contribution in [2.24, 2.45) is 0 Å². The maximum atomic E-state index is 13.5. The topological polar surface area (TPSA) is 155 Å². The molecule has 11 nitrogen and oxygen atoms in total. The van der Waals surface area contributed by atoms with E-state index in [4.69, 9.17) is 33.9 Å². The van der Waals surface area contributed by atoms with Gasteiger partial charge in [-0.25, -0.2) is 9.59 Å². The summed E-state index contributed by atoms with van der Waals surface area (Å²) >= 11 is 0. The van der Waals surface area contributed by atoms with Crippen molar-refractivity contribution < 1.29 is 66.2 Å². The molecular formula is C26H27F3O11. The summed E-state index contributed by atoms with van der Waals surface area (Å²) in [6.45, 7) is -0.974. The highest BCUT2D eigenvalue weighted by molar-refractivity contribution is 5.91. The van der Waals surface area contributed by atoms with Crippen LogP contribution in [0, 0.1) is 0 Å². The number of hydrogen-bond donors (Lipinski definition) is 2. The third-order valence-corrected chi connectivity index (χ3v) is 5.17. The Morgan fingerprint density at radius 3 is 1.75 bits per heavy atom. The summed E-state index contributed by atoms with van der Waals surface area (Å²) in [5, 5.41) is 17.3. The second-order valence-electron chi connectivity index (χ2n) is 8.18. The fraction of sp³-hybridized carbons (Fsp3) is 0.385. The Hall–Kier alpha value is -4.49. The molecule has 0 atom stereocenters. The van der Waals surface area contributed by atoms with Crippen molar-refractivity contribution in [1.82, 2.24) is 0 Å². The first-order chi connectivity index (χ1) is 18.8. The summed E-state index contributed by atoms with van der Waals surface area (Å²) in [6.07, 6.45) is -5.23. The molecule has 0 radical (unpaired) electrons. The molecule has 0 amide bonds. The number of esters is 2. The smallest absolute Gasteiger partial charge is 0.416 e. The number of carboxylic acid groups (broad SMARTS) is 2. The highest BCUT2D eigenvalue weighted by atomic mass is 19.4. The zero-order valence-corrected chi connectivity index (χ0v) is 21.5. The number of hydrogen-bond acceptors (Lipinski definition) is 9. The van der Waals surface area contributed by atoms with Gasteiger partial charge >= 0.3 is 30.1 Å². The molecule has 2 aromatic rings. The van der Waals surface area contributed by atoms with Crippen LogP contribution in [-0.4, -0.2) is 61.5 Å². The Bertz CT molecular complexity index is 1230. The van der Waals surface area contributed by atoms with Gasteiger partial charge in [0.05, 0.1) is 44.1 Å². The highest BCUT2D eigenvalue weighted by Crippen LogP contribution is 2.39. The summed E-state index contributed by atoms with van der Waals surface area (Å²) in [4.78, 5) is 46.0.